The van der Waals surface area contributed by atoms with Crippen LogP contribution >= 0.6 is 0 Å². The molecule has 0 aliphatic heterocycles. The Morgan fingerprint density at radius 1 is 0.914 bits per heavy atom. The van der Waals surface area contributed by atoms with Gasteiger partial charge in [0.05, 0.1) is 0 Å². The summed E-state index contributed by atoms with van der Waals surface area (Å²) in [5.74, 6) is -0.681. The fourth-order valence-electron chi connectivity index (χ4n) is 3.36. The van der Waals surface area contributed by atoms with E-state index in [9.17, 15) is 18.8 Å². The van der Waals surface area contributed by atoms with Crippen molar-refractivity contribution in [2.24, 2.45) is 0 Å². The first-order valence-electron chi connectivity index (χ1n) is 11.4. The van der Waals surface area contributed by atoms with Gasteiger partial charge in [0.15, 0.2) is 0 Å². The lowest BCUT2D eigenvalue weighted by molar-refractivity contribution is -0.125. The van der Waals surface area contributed by atoms with E-state index in [0.29, 0.717) is 17.4 Å². The number of amides is 3. The monoisotopic (exact) mass is 476 g/mol. The van der Waals surface area contributed by atoms with Crippen molar-refractivity contribution in [1.29, 1.82) is 0 Å². The number of hydrogen-bond donors (Lipinski definition) is 2. The number of rotatable bonds is 10. The van der Waals surface area contributed by atoms with Crippen LogP contribution in [0.1, 0.15) is 43.7 Å². The fourth-order valence-corrected chi connectivity index (χ4v) is 3.36. The average molecular weight is 477 g/mol. The van der Waals surface area contributed by atoms with Crippen LogP contribution in [0.5, 0.6) is 0 Å². The Labute approximate surface area is 204 Å². The number of anilines is 2. The third-order valence-electron chi connectivity index (χ3n) is 5.38. The smallest absolute Gasteiger partial charge is 0.240 e. The van der Waals surface area contributed by atoms with Crippen LogP contribution in [0.15, 0.2) is 72.9 Å². The third-order valence-corrected chi connectivity index (χ3v) is 5.38. The molecule has 0 aliphatic carbocycles. The minimum Gasteiger partial charge on any atom is -0.350 e. The molecule has 35 heavy (non-hydrogen) atoms. The van der Waals surface area contributed by atoms with Gasteiger partial charge in [-0.05, 0) is 53.4 Å². The molecule has 2 N–H and O–H groups in total. The molecular weight excluding hydrogens is 447 g/mol. The number of hydrogen-bond acceptors (Lipinski definition) is 4. The van der Waals surface area contributed by atoms with Gasteiger partial charge in [0.25, 0.3) is 0 Å². The summed E-state index contributed by atoms with van der Waals surface area (Å²) in [7, 11) is 0. The molecule has 8 heteroatoms. The summed E-state index contributed by atoms with van der Waals surface area (Å²) in [6.45, 7) is 4.14. The first-order valence-corrected chi connectivity index (χ1v) is 11.4. The highest BCUT2D eigenvalue weighted by Gasteiger charge is 2.20. The molecule has 3 amide bonds. The predicted molar refractivity (Wildman–Crippen MR) is 133 cm³/mol. The second-order valence-corrected chi connectivity index (χ2v) is 8.39. The molecule has 3 rings (SSSR count). The molecule has 0 spiro atoms. The molecule has 7 nitrogen and oxygen atoms in total. The van der Waals surface area contributed by atoms with E-state index in [0.717, 1.165) is 11.1 Å². The molecule has 0 fully saturated rings. The molecule has 2 aromatic carbocycles. The zero-order chi connectivity index (χ0) is 25.2. The van der Waals surface area contributed by atoms with Gasteiger partial charge < -0.3 is 15.5 Å². The number of pyridine rings is 1. The Kier molecular flexibility index (Phi) is 9.06. The number of carbonyl (C=O) groups is 3. The van der Waals surface area contributed by atoms with Crippen molar-refractivity contribution in [1.82, 2.24) is 10.3 Å². The Morgan fingerprint density at radius 3 is 2.26 bits per heavy atom. The van der Waals surface area contributed by atoms with Crippen LogP contribution in [-0.2, 0) is 20.9 Å². The van der Waals surface area contributed by atoms with E-state index < -0.39 is 0 Å². The summed E-state index contributed by atoms with van der Waals surface area (Å²) < 4.78 is 13.1. The molecule has 0 unspecified atom stereocenters. The molecule has 0 bridgehead atoms. The van der Waals surface area contributed by atoms with Gasteiger partial charge in [0.1, 0.15) is 18.2 Å². The molecular formula is C27H29FN4O3. The van der Waals surface area contributed by atoms with Crippen molar-refractivity contribution in [2.75, 3.05) is 16.8 Å². The van der Waals surface area contributed by atoms with E-state index in [1.165, 1.54) is 17.0 Å². The lowest BCUT2D eigenvalue weighted by atomic mass is 10.0. The molecule has 0 saturated heterocycles. The minimum atomic E-state index is -0.367. The maximum Gasteiger partial charge on any atom is 0.240 e. The molecule has 3 aromatic rings. The van der Waals surface area contributed by atoms with Crippen LogP contribution in [0.25, 0.3) is 0 Å². The summed E-state index contributed by atoms with van der Waals surface area (Å²) in [6, 6.07) is 18.4. The van der Waals surface area contributed by atoms with E-state index in [1.807, 2.05) is 12.1 Å². The van der Waals surface area contributed by atoms with E-state index in [-0.39, 0.29) is 49.5 Å². The summed E-state index contributed by atoms with van der Waals surface area (Å²) >= 11 is 0. The largest absolute Gasteiger partial charge is 0.350 e. The first-order chi connectivity index (χ1) is 16.8. The first kappa shape index (κ1) is 25.6. The maximum atomic E-state index is 13.1. The van der Waals surface area contributed by atoms with Crippen molar-refractivity contribution in [3.63, 3.8) is 0 Å². The van der Waals surface area contributed by atoms with Crippen LogP contribution in [0, 0.1) is 5.82 Å². The van der Waals surface area contributed by atoms with Crippen molar-refractivity contribution in [3.8, 4) is 0 Å². The van der Waals surface area contributed by atoms with E-state index in [4.69, 9.17) is 0 Å². The second-order valence-electron chi connectivity index (χ2n) is 8.39. The van der Waals surface area contributed by atoms with Gasteiger partial charge in [-0.15, -0.1) is 0 Å². The zero-order valence-corrected chi connectivity index (χ0v) is 19.8. The van der Waals surface area contributed by atoms with Crippen molar-refractivity contribution in [2.45, 2.75) is 39.2 Å². The van der Waals surface area contributed by atoms with Gasteiger partial charge in [-0.25, -0.2) is 9.37 Å². The number of benzene rings is 2. The Morgan fingerprint density at radius 2 is 1.63 bits per heavy atom. The molecule has 182 valence electrons. The number of nitrogens with zero attached hydrogens (tertiary/aromatic N) is 2. The normalized spacial score (nSPS) is 10.6. The highest BCUT2D eigenvalue weighted by Crippen LogP contribution is 2.21. The molecule has 0 aliphatic rings. The molecule has 0 saturated carbocycles. The Bertz CT molecular complexity index is 1130. The Hall–Kier alpha value is -4.07. The third kappa shape index (κ3) is 8.03. The minimum absolute atomic E-state index is 0.0484. The lowest BCUT2D eigenvalue weighted by Crippen LogP contribution is -2.41. The topological polar surface area (TPSA) is 91.4 Å². The lowest BCUT2D eigenvalue weighted by Gasteiger charge is -2.23. The molecule has 0 radical (unpaired) electrons. The Balaban J connectivity index is 1.65. The van der Waals surface area contributed by atoms with Gasteiger partial charge >= 0.3 is 0 Å². The van der Waals surface area contributed by atoms with Gasteiger partial charge in [-0.3, -0.25) is 14.4 Å². The van der Waals surface area contributed by atoms with Crippen molar-refractivity contribution < 1.29 is 18.8 Å². The SMILES string of the molecule is CC(C)c1ccc(N(CC(=O)NCc2ccc(F)cc2)C(=O)CCC(=O)Nc2ccccn2)cc1. The molecule has 1 heterocycles. The predicted octanol–water partition coefficient (Wildman–Crippen LogP) is 4.41. The highest BCUT2D eigenvalue weighted by atomic mass is 19.1. The summed E-state index contributed by atoms with van der Waals surface area (Å²) in [4.78, 5) is 43.4. The van der Waals surface area contributed by atoms with Crippen LogP contribution in [0.3, 0.4) is 0 Å². The summed E-state index contributed by atoms with van der Waals surface area (Å²) in [5.41, 5.74) is 2.42. The molecule has 1 aromatic heterocycles. The van der Waals surface area contributed by atoms with Crippen LogP contribution < -0.4 is 15.5 Å². The number of halogens is 1. The summed E-state index contributed by atoms with van der Waals surface area (Å²) in [6.07, 6.45) is 1.44. The van der Waals surface area contributed by atoms with Gasteiger partial charge in [-0.2, -0.15) is 0 Å². The van der Waals surface area contributed by atoms with Crippen molar-refractivity contribution in [3.05, 3.63) is 89.9 Å². The van der Waals surface area contributed by atoms with Crippen molar-refractivity contribution >= 4 is 29.2 Å². The number of nitrogens with one attached hydrogen (secondary N) is 2. The van der Waals surface area contributed by atoms with Crippen LogP contribution in [-0.4, -0.2) is 29.3 Å². The van der Waals surface area contributed by atoms with Gasteiger partial charge in [-0.1, -0.05) is 44.2 Å². The second kappa shape index (κ2) is 12.4. The van der Waals surface area contributed by atoms with Gasteiger partial charge in [0, 0.05) is 31.3 Å². The highest BCUT2D eigenvalue weighted by molar-refractivity contribution is 6.01. The van der Waals surface area contributed by atoms with E-state index in [1.54, 1.807) is 48.7 Å². The standard InChI is InChI=1S/C27H29FN4O3/c1-19(2)21-8-12-23(13-9-21)32(18-26(34)30-17-20-6-10-22(28)11-7-20)27(35)15-14-25(33)31-24-5-3-4-16-29-24/h3-13,16,19H,14-15,17-18H2,1-2H3,(H,30,34)(H,29,31,33). The number of aromatic nitrogens is 1. The summed E-state index contributed by atoms with van der Waals surface area (Å²) in [5, 5.41) is 5.41. The molecule has 0 atom stereocenters. The van der Waals surface area contributed by atoms with Crippen LogP contribution in [0.4, 0.5) is 15.9 Å². The fraction of sp³-hybridized carbons (Fsp3) is 0.259. The van der Waals surface area contributed by atoms with E-state index >= 15 is 0 Å². The quantitative estimate of drug-likeness (QED) is 0.453. The zero-order valence-electron chi connectivity index (χ0n) is 19.8. The van der Waals surface area contributed by atoms with Crippen LogP contribution in [0.2, 0.25) is 0 Å². The number of carbonyl (C=O) groups excluding carboxylic acids is 3. The van der Waals surface area contributed by atoms with Gasteiger partial charge in [0.2, 0.25) is 17.7 Å². The van der Waals surface area contributed by atoms with E-state index in [2.05, 4.69) is 29.5 Å². The average Bonchev–Trinajstić information content (AvgIpc) is 2.86. The maximum absolute atomic E-state index is 13.1.